The van der Waals surface area contributed by atoms with Crippen LogP contribution in [0.15, 0.2) is 66.7 Å². The van der Waals surface area contributed by atoms with E-state index in [1.165, 1.54) is 7.11 Å². The van der Waals surface area contributed by atoms with E-state index in [0.29, 0.717) is 30.9 Å². The van der Waals surface area contributed by atoms with Gasteiger partial charge in [0, 0.05) is 18.5 Å². The first-order valence-corrected chi connectivity index (χ1v) is 12.1. The van der Waals surface area contributed by atoms with Crippen LogP contribution in [0.2, 0.25) is 0 Å². The monoisotopic (exact) mass is 487 g/mol. The molecule has 6 nitrogen and oxygen atoms in total. The van der Waals surface area contributed by atoms with Crippen LogP contribution >= 0.6 is 0 Å². The van der Waals surface area contributed by atoms with Crippen molar-refractivity contribution in [2.45, 2.75) is 51.8 Å². The summed E-state index contributed by atoms with van der Waals surface area (Å²) in [5, 5.41) is 0. The number of benzene rings is 3. The molecule has 188 valence electrons. The average Bonchev–Trinajstić information content (AvgIpc) is 2.89. The average molecular weight is 488 g/mol. The van der Waals surface area contributed by atoms with E-state index in [-0.39, 0.29) is 11.3 Å². The minimum atomic E-state index is -0.729. The standard InChI is InChI=1S/C30H33NO5/c1-30(2,3)25-14-12-21(17-27(25)34-4)28(32)31-18-22-11-13-24(36-19-20-9-7-6-8-10-20)15-23(22)16-26(31)29(33)35-5/h6-15,17,26H,16,18-19H2,1-5H3. The summed E-state index contributed by atoms with van der Waals surface area (Å²) in [4.78, 5) is 28.0. The fourth-order valence-corrected chi connectivity index (χ4v) is 4.56. The van der Waals surface area contributed by atoms with Crippen LogP contribution in [0.25, 0.3) is 0 Å². The molecule has 3 aromatic carbocycles. The van der Waals surface area contributed by atoms with Gasteiger partial charge in [-0.05, 0) is 51.9 Å². The third kappa shape index (κ3) is 5.38. The van der Waals surface area contributed by atoms with Crippen molar-refractivity contribution < 1.29 is 23.8 Å². The van der Waals surface area contributed by atoms with Gasteiger partial charge in [0.15, 0.2) is 0 Å². The topological polar surface area (TPSA) is 65.1 Å². The summed E-state index contributed by atoms with van der Waals surface area (Å²) >= 11 is 0. The summed E-state index contributed by atoms with van der Waals surface area (Å²) < 4.78 is 16.6. The number of amides is 1. The first-order valence-electron chi connectivity index (χ1n) is 12.1. The highest BCUT2D eigenvalue weighted by Gasteiger charge is 2.36. The van der Waals surface area contributed by atoms with Crippen LogP contribution in [0, 0.1) is 0 Å². The van der Waals surface area contributed by atoms with E-state index in [1.54, 1.807) is 24.1 Å². The zero-order valence-corrected chi connectivity index (χ0v) is 21.5. The summed E-state index contributed by atoms with van der Waals surface area (Å²) in [6.07, 6.45) is 0.355. The van der Waals surface area contributed by atoms with Gasteiger partial charge >= 0.3 is 5.97 Å². The Labute approximate surface area is 212 Å². The van der Waals surface area contributed by atoms with Crippen LogP contribution in [-0.4, -0.2) is 37.0 Å². The third-order valence-electron chi connectivity index (χ3n) is 6.55. The third-order valence-corrected chi connectivity index (χ3v) is 6.55. The van der Waals surface area contributed by atoms with E-state index in [4.69, 9.17) is 14.2 Å². The molecule has 0 aliphatic carbocycles. The van der Waals surface area contributed by atoms with Gasteiger partial charge in [-0.1, -0.05) is 63.2 Å². The molecule has 1 aliphatic rings. The van der Waals surface area contributed by atoms with Crippen LogP contribution < -0.4 is 9.47 Å². The summed E-state index contributed by atoms with van der Waals surface area (Å²) in [5.41, 5.74) is 4.38. The van der Waals surface area contributed by atoms with Gasteiger partial charge in [-0.3, -0.25) is 4.79 Å². The lowest BCUT2D eigenvalue weighted by Crippen LogP contribution is -2.49. The highest BCUT2D eigenvalue weighted by atomic mass is 16.5. The Morgan fingerprint density at radius 2 is 1.69 bits per heavy atom. The van der Waals surface area contributed by atoms with Crippen molar-refractivity contribution >= 4 is 11.9 Å². The molecule has 0 spiro atoms. The zero-order valence-electron chi connectivity index (χ0n) is 21.5. The van der Waals surface area contributed by atoms with Crippen molar-refractivity contribution in [3.63, 3.8) is 0 Å². The van der Waals surface area contributed by atoms with Crippen molar-refractivity contribution in [3.05, 3.63) is 94.5 Å². The minimum Gasteiger partial charge on any atom is -0.496 e. The van der Waals surface area contributed by atoms with Gasteiger partial charge in [-0.15, -0.1) is 0 Å². The lowest BCUT2D eigenvalue weighted by Gasteiger charge is -2.35. The fourth-order valence-electron chi connectivity index (χ4n) is 4.56. The molecular weight excluding hydrogens is 454 g/mol. The molecule has 0 aromatic heterocycles. The van der Waals surface area contributed by atoms with E-state index in [9.17, 15) is 9.59 Å². The first-order chi connectivity index (χ1) is 17.2. The second-order valence-electron chi connectivity index (χ2n) is 10.0. The predicted octanol–water partition coefficient (Wildman–Crippen LogP) is 5.31. The Morgan fingerprint density at radius 3 is 2.36 bits per heavy atom. The minimum absolute atomic E-state index is 0.133. The molecule has 0 bridgehead atoms. The van der Waals surface area contributed by atoms with Gasteiger partial charge in [0.05, 0.1) is 14.2 Å². The lowest BCUT2D eigenvalue weighted by molar-refractivity contribution is -0.146. The van der Waals surface area contributed by atoms with Gasteiger partial charge in [-0.25, -0.2) is 4.79 Å². The lowest BCUT2D eigenvalue weighted by atomic mass is 9.85. The molecule has 3 aromatic rings. The van der Waals surface area contributed by atoms with Crippen LogP contribution in [0.5, 0.6) is 11.5 Å². The molecule has 0 N–H and O–H groups in total. The molecule has 0 saturated carbocycles. The van der Waals surface area contributed by atoms with E-state index >= 15 is 0 Å². The number of methoxy groups -OCH3 is 2. The summed E-state index contributed by atoms with van der Waals surface area (Å²) in [6, 6.07) is 20.5. The number of ether oxygens (including phenoxy) is 3. The smallest absolute Gasteiger partial charge is 0.328 e. The van der Waals surface area contributed by atoms with Gasteiger partial charge in [0.2, 0.25) is 0 Å². The second-order valence-corrected chi connectivity index (χ2v) is 10.0. The molecule has 1 unspecified atom stereocenters. The molecule has 0 fully saturated rings. The van der Waals surface area contributed by atoms with Gasteiger partial charge in [0.1, 0.15) is 24.1 Å². The zero-order chi connectivity index (χ0) is 25.9. The van der Waals surface area contributed by atoms with Gasteiger partial charge in [0.25, 0.3) is 5.91 Å². The quantitative estimate of drug-likeness (QED) is 0.441. The molecule has 36 heavy (non-hydrogen) atoms. The van der Waals surface area contributed by atoms with E-state index in [0.717, 1.165) is 28.0 Å². The molecule has 1 heterocycles. The number of nitrogens with zero attached hydrogens (tertiary/aromatic N) is 1. The summed E-state index contributed by atoms with van der Waals surface area (Å²) in [7, 11) is 2.95. The summed E-state index contributed by atoms with van der Waals surface area (Å²) in [5.74, 6) is 0.700. The Kier molecular flexibility index (Phi) is 7.34. The van der Waals surface area contributed by atoms with Crippen molar-refractivity contribution in [1.29, 1.82) is 0 Å². The second kappa shape index (κ2) is 10.4. The molecule has 1 atom stereocenters. The Hall–Kier alpha value is -3.80. The van der Waals surface area contributed by atoms with Crippen molar-refractivity contribution in [3.8, 4) is 11.5 Å². The number of fused-ring (bicyclic) bond motifs is 1. The molecule has 6 heteroatoms. The maximum Gasteiger partial charge on any atom is 0.328 e. The predicted molar refractivity (Wildman–Crippen MR) is 138 cm³/mol. The molecular formula is C30H33NO5. The van der Waals surface area contributed by atoms with Crippen LogP contribution in [0.3, 0.4) is 0 Å². The molecule has 1 amide bonds. The maximum absolute atomic E-state index is 13.6. The normalized spacial score (nSPS) is 15.1. The van der Waals surface area contributed by atoms with Crippen molar-refractivity contribution in [2.75, 3.05) is 14.2 Å². The highest BCUT2D eigenvalue weighted by molar-refractivity contribution is 5.97. The van der Waals surface area contributed by atoms with Crippen LogP contribution in [0.1, 0.15) is 53.4 Å². The number of carbonyl (C=O) groups is 2. The Bertz CT molecular complexity index is 1250. The summed E-state index contributed by atoms with van der Waals surface area (Å²) in [6.45, 7) is 7.05. The van der Waals surface area contributed by atoms with Gasteiger partial charge in [-0.2, -0.15) is 0 Å². The SMILES string of the molecule is COC(=O)C1Cc2cc(OCc3ccccc3)ccc2CN1C(=O)c1ccc(C(C)(C)C)c(OC)c1. The number of rotatable bonds is 6. The van der Waals surface area contributed by atoms with Crippen molar-refractivity contribution in [1.82, 2.24) is 4.90 Å². The highest BCUT2D eigenvalue weighted by Crippen LogP contribution is 2.34. The Balaban J connectivity index is 1.59. The van der Waals surface area contributed by atoms with E-state index < -0.39 is 12.0 Å². The number of carbonyl (C=O) groups excluding carboxylic acids is 2. The maximum atomic E-state index is 13.6. The van der Waals surface area contributed by atoms with E-state index in [1.807, 2.05) is 54.6 Å². The first kappa shape index (κ1) is 25.3. The van der Waals surface area contributed by atoms with Gasteiger partial charge < -0.3 is 19.1 Å². The van der Waals surface area contributed by atoms with Crippen LogP contribution in [-0.2, 0) is 34.5 Å². The molecule has 0 saturated heterocycles. The molecule has 4 rings (SSSR count). The number of hydrogen-bond donors (Lipinski definition) is 0. The Morgan fingerprint density at radius 1 is 0.944 bits per heavy atom. The number of esters is 1. The molecule has 1 aliphatic heterocycles. The van der Waals surface area contributed by atoms with Crippen LogP contribution in [0.4, 0.5) is 0 Å². The largest absolute Gasteiger partial charge is 0.496 e. The molecule has 0 radical (unpaired) electrons. The fraction of sp³-hybridized carbons (Fsp3) is 0.333. The van der Waals surface area contributed by atoms with Crippen molar-refractivity contribution in [2.24, 2.45) is 0 Å². The number of hydrogen-bond acceptors (Lipinski definition) is 5. The van der Waals surface area contributed by atoms with E-state index in [2.05, 4.69) is 20.8 Å².